The van der Waals surface area contributed by atoms with Gasteiger partial charge in [-0.25, -0.2) is 4.98 Å². The molecule has 1 aromatic heterocycles. The van der Waals surface area contributed by atoms with Gasteiger partial charge in [-0.15, -0.1) is 0 Å². The number of ether oxygens (including phenoxy) is 1. The van der Waals surface area contributed by atoms with Gasteiger partial charge in [0, 0.05) is 18.3 Å². The zero-order valence-electron chi connectivity index (χ0n) is 11.5. The van der Waals surface area contributed by atoms with E-state index in [1.165, 1.54) is 5.56 Å². The molecule has 1 aromatic carbocycles. The van der Waals surface area contributed by atoms with Crippen LogP contribution in [0.4, 0.5) is 0 Å². The summed E-state index contributed by atoms with van der Waals surface area (Å²) in [6.07, 6.45) is 3.00. The molecule has 2 aromatic rings. The van der Waals surface area contributed by atoms with E-state index in [2.05, 4.69) is 30.2 Å². The maximum absolute atomic E-state index is 5.66. The fourth-order valence-electron chi connectivity index (χ4n) is 1.80. The van der Waals surface area contributed by atoms with Crippen molar-refractivity contribution in [3.63, 3.8) is 0 Å². The number of para-hydroxylation sites is 1. The smallest absolute Gasteiger partial charge is 0.219 e. The Hall–Kier alpha value is -1.87. The Balaban J connectivity index is 1.98. The van der Waals surface area contributed by atoms with Crippen LogP contribution in [0.15, 0.2) is 48.7 Å². The summed E-state index contributed by atoms with van der Waals surface area (Å²) >= 11 is 0. The molecule has 1 atom stereocenters. The molecular weight excluding hydrogens is 236 g/mol. The Kier molecular flexibility index (Phi) is 4.93. The van der Waals surface area contributed by atoms with Crippen LogP contribution in [0.1, 0.15) is 31.9 Å². The maximum atomic E-state index is 5.66. The van der Waals surface area contributed by atoms with Crippen molar-refractivity contribution in [2.45, 2.75) is 26.3 Å². The molecule has 0 spiro atoms. The molecule has 0 bridgehead atoms. The third-order valence-corrected chi connectivity index (χ3v) is 2.93. The van der Waals surface area contributed by atoms with Gasteiger partial charge in [-0.05, 0) is 37.6 Å². The SMILES string of the molecule is CCCNC(C)c1ccc(Oc2ccccc2)nc1. The molecule has 0 aliphatic heterocycles. The second-order valence-electron chi connectivity index (χ2n) is 4.52. The lowest BCUT2D eigenvalue weighted by Crippen LogP contribution is -2.19. The normalized spacial score (nSPS) is 12.1. The average molecular weight is 256 g/mol. The second kappa shape index (κ2) is 6.90. The largest absolute Gasteiger partial charge is 0.439 e. The summed E-state index contributed by atoms with van der Waals surface area (Å²) < 4.78 is 5.66. The number of rotatable bonds is 6. The summed E-state index contributed by atoms with van der Waals surface area (Å²) in [5.74, 6) is 1.43. The molecule has 0 fully saturated rings. The lowest BCUT2D eigenvalue weighted by Gasteiger charge is -2.13. The number of aromatic nitrogens is 1. The molecule has 0 saturated carbocycles. The summed E-state index contributed by atoms with van der Waals surface area (Å²) in [6, 6.07) is 14.0. The number of nitrogens with one attached hydrogen (secondary N) is 1. The highest BCUT2D eigenvalue weighted by Gasteiger charge is 2.05. The number of benzene rings is 1. The number of hydrogen-bond acceptors (Lipinski definition) is 3. The summed E-state index contributed by atoms with van der Waals surface area (Å²) in [7, 11) is 0. The third kappa shape index (κ3) is 4.07. The topological polar surface area (TPSA) is 34.1 Å². The Bertz CT molecular complexity index is 482. The standard InChI is InChI=1S/C16H20N2O/c1-3-11-17-13(2)14-9-10-16(18-12-14)19-15-7-5-4-6-8-15/h4-10,12-13,17H,3,11H2,1-2H3. The van der Waals surface area contributed by atoms with Gasteiger partial charge in [-0.2, -0.15) is 0 Å². The highest BCUT2D eigenvalue weighted by molar-refractivity contribution is 5.28. The van der Waals surface area contributed by atoms with Crippen molar-refractivity contribution >= 4 is 0 Å². The molecule has 19 heavy (non-hydrogen) atoms. The predicted octanol–water partition coefficient (Wildman–Crippen LogP) is 3.93. The fourth-order valence-corrected chi connectivity index (χ4v) is 1.80. The number of pyridine rings is 1. The van der Waals surface area contributed by atoms with Gasteiger partial charge in [0.25, 0.3) is 0 Å². The fraction of sp³-hybridized carbons (Fsp3) is 0.312. The van der Waals surface area contributed by atoms with Crippen LogP contribution in [0.3, 0.4) is 0 Å². The molecule has 100 valence electrons. The second-order valence-corrected chi connectivity index (χ2v) is 4.52. The van der Waals surface area contributed by atoms with Crippen LogP contribution in [0.2, 0.25) is 0 Å². The van der Waals surface area contributed by atoms with Gasteiger partial charge in [-0.1, -0.05) is 31.2 Å². The van der Waals surface area contributed by atoms with E-state index in [4.69, 9.17) is 4.74 Å². The van der Waals surface area contributed by atoms with Crippen LogP contribution in [0.5, 0.6) is 11.6 Å². The van der Waals surface area contributed by atoms with Gasteiger partial charge in [0.15, 0.2) is 0 Å². The van der Waals surface area contributed by atoms with E-state index in [0.717, 1.165) is 18.7 Å². The Morgan fingerprint density at radius 2 is 1.95 bits per heavy atom. The minimum Gasteiger partial charge on any atom is -0.439 e. The van der Waals surface area contributed by atoms with Crippen molar-refractivity contribution in [3.8, 4) is 11.6 Å². The molecule has 0 saturated heterocycles. The van der Waals surface area contributed by atoms with E-state index >= 15 is 0 Å². The first kappa shape index (κ1) is 13.6. The van der Waals surface area contributed by atoms with E-state index in [0.29, 0.717) is 11.9 Å². The number of hydrogen-bond donors (Lipinski definition) is 1. The lowest BCUT2D eigenvalue weighted by atomic mass is 10.1. The molecule has 0 aliphatic rings. The first-order chi connectivity index (χ1) is 9.29. The highest BCUT2D eigenvalue weighted by Crippen LogP contribution is 2.20. The van der Waals surface area contributed by atoms with E-state index in [9.17, 15) is 0 Å². The van der Waals surface area contributed by atoms with Gasteiger partial charge >= 0.3 is 0 Å². The van der Waals surface area contributed by atoms with Crippen molar-refractivity contribution in [3.05, 3.63) is 54.2 Å². The molecule has 0 amide bonds. The van der Waals surface area contributed by atoms with Crippen molar-refractivity contribution in [1.82, 2.24) is 10.3 Å². The first-order valence-corrected chi connectivity index (χ1v) is 6.72. The molecule has 3 heteroatoms. The van der Waals surface area contributed by atoms with Crippen LogP contribution in [0.25, 0.3) is 0 Å². The van der Waals surface area contributed by atoms with Gasteiger partial charge in [0.05, 0.1) is 0 Å². The summed E-state index contributed by atoms with van der Waals surface area (Å²) in [5.41, 5.74) is 1.17. The van der Waals surface area contributed by atoms with Gasteiger partial charge < -0.3 is 10.1 Å². The minimum atomic E-state index is 0.318. The van der Waals surface area contributed by atoms with Crippen LogP contribution >= 0.6 is 0 Å². The van der Waals surface area contributed by atoms with Crippen molar-refractivity contribution in [2.24, 2.45) is 0 Å². The quantitative estimate of drug-likeness (QED) is 0.850. The molecular formula is C16H20N2O. The first-order valence-electron chi connectivity index (χ1n) is 6.72. The zero-order chi connectivity index (χ0) is 13.5. The zero-order valence-corrected chi connectivity index (χ0v) is 11.5. The van der Waals surface area contributed by atoms with E-state index in [1.807, 2.05) is 42.6 Å². The number of nitrogens with zero attached hydrogens (tertiary/aromatic N) is 1. The lowest BCUT2D eigenvalue weighted by molar-refractivity contribution is 0.461. The maximum Gasteiger partial charge on any atom is 0.219 e. The van der Waals surface area contributed by atoms with E-state index < -0.39 is 0 Å². The molecule has 3 nitrogen and oxygen atoms in total. The van der Waals surface area contributed by atoms with Crippen molar-refractivity contribution in [2.75, 3.05) is 6.54 Å². The highest BCUT2D eigenvalue weighted by atomic mass is 16.5. The Morgan fingerprint density at radius 1 is 1.16 bits per heavy atom. The van der Waals surface area contributed by atoms with E-state index in [1.54, 1.807) is 0 Å². The summed E-state index contributed by atoms with van der Waals surface area (Å²) in [6.45, 7) is 5.32. The Morgan fingerprint density at radius 3 is 2.58 bits per heavy atom. The van der Waals surface area contributed by atoms with E-state index in [-0.39, 0.29) is 0 Å². The average Bonchev–Trinajstić information content (AvgIpc) is 2.46. The predicted molar refractivity (Wildman–Crippen MR) is 77.5 cm³/mol. The summed E-state index contributed by atoms with van der Waals surface area (Å²) in [5, 5.41) is 3.44. The van der Waals surface area contributed by atoms with Gasteiger partial charge in [0.1, 0.15) is 5.75 Å². The van der Waals surface area contributed by atoms with Gasteiger partial charge in [-0.3, -0.25) is 0 Å². The molecule has 1 heterocycles. The van der Waals surface area contributed by atoms with Gasteiger partial charge in [0.2, 0.25) is 5.88 Å². The van der Waals surface area contributed by atoms with Crippen molar-refractivity contribution in [1.29, 1.82) is 0 Å². The summed E-state index contributed by atoms with van der Waals surface area (Å²) in [4.78, 5) is 4.34. The minimum absolute atomic E-state index is 0.318. The van der Waals surface area contributed by atoms with Crippen LogP contribution in [0, 0.1) is 0 Å². The van der Waals surface area contributed by atoms with Crippen molar-refractivity contribution < 1.29 is 4.74 Å². The molecule has 1 unspecified atom stereocenters. The third-order valence-electron chi connectivity index (χ3n) is 2.93. The van der Waals surface area contributed by atoms with Crippen LogP contribution in [-0.2, 0) is 0 Å². The molecule has 0 aliphatic carbocycles. The monoisotopic (exact) mass is 256 g/mol. The van der Waals surface area contributed by atoms with Crippen LogP contribution < -0.4 is 10.1 Å². The van der Waals surface area contributed by atoms with Crippen LogP contribution in [-0.4, -0.2) is 11.5 Å². The Labute approximate surface area is 114 Å². The molecule has 2 rings (SSSR count). The molecule has 0 radical (unpaired) electrons. The molecule has 1 N–H and O–H groups in total.